The molecule has 96 valence electrons. The number of hydrogen-bond acceptors (Lipinski definition) is 3. The zero-order valence-electron chi connectivity index (χ0n) is 11.1. The van der Waals surface area contributed by atoms with Gasteiger partial charge in [0.25, 0.3) is 0 Å². The van der Waals surface area contributed by atoms with Crippen LogP contribution in [0.5, 0.6) is 0 Å². The van der Waals surface area contributed by atoms with Crippen LogP contribution in [-0.2, 0) is 9.47 Å². The molecular weight excluding hydrogens is 226 g/mol. The molecule has 0 aliphatic carbocycles. The van der Waals surface area contributed by atoms with Gasteiger partial charge in [0.2, 0.25) is 5.90 Å². The maximum absolute atomic E-state index is 5.54. The Balaban J connectivity index is 5.00. The SMILES string of the molecule is C#C/C=C(\C=C(/C)OCC)OC(/C=C\C)=NC=C. The number of rotatable bonds is 6. The van der Waals surface area contributed by atoms with Crippen molar-refractivity contribution in [2.75, 3.05) is 6.61 Å². The van der Waals surface area contributed by atoms with Crippen LogP contribution in [0.2, 0.25) is 0 Å². The van der Waals surface area contributed by atoms with Crippen molar-refractivity contribution in [3.8, 4) is 12.3 Å². The van der Waals surface area contributed by atoms with Crippen molar-refractivity contribution in [3.05, 3.63) is 48.6 Å². The van der Waals surface area contributed by atoms with Crippen molar-refractivity contribution in [2.45, 2.75) is 20.8 Å². The molecule has 0 radical (unpaired) electrons. The number of aliphatic imine (C=N–C) groups is 1. The minimum atomic E-state index is 0.412. The lowest BCUT2D eigenvalue weighted by atomic mass is 10.3. The van der Waals surface area contributed by atoms with E-state index in [1.807, 2.05) is 26.8 Å². The molecule has 0 fully saturated rings. The molecule has 0 aromatic rings. The van der Waals surface area contributed by atoms with Gasteiger partial charge in [0.05, 0.1) is 12.4 Å². The van der Waals surface area contributed by atoms with Crippen LogP contribution in [-0.4, -0.2) is 12.5 Å². The van der Waals surface area contributed by atoms with Gasteiger partial charge in [-0.2, -0.15) is 0 Å². The molecule has 0 N–H and O–H groups in total. The highest BCUT2D eigenvalue weighted by atomic mass is 16.5. The Morgan fingerprint density at radius 1 is 1.50 bits per heavy atom. The molecule has 3 nitrogen and oxygen atoms in total. The molecule has 0 amide bonds. The van der Waals surface area contributed by atoms with Gasteiger partial charge >= 0.3 is 0 Å². The van der Waals surface area contributed by atoms with E-state index in [9.17, 15) is 0 Å². The summed E-state index contributed by atoms with van der Waals surface area (Å²) in [4.78, 5) is 3.98. The average Bonchev–Trinajstić information content (AvgIpc) is 2.30. The summed E-state index contributed by atoms with van der Waals surface area (Å²) in [6.07, 6.45) is 13.4. The normalized spacial score (nSPS) is 13.3. The van der Waals surface area contributed by atoms with Gasteiger partial charge in [0.15, 0.2) is 0 Å². The van der Waals surface area contributed by atoms with E-state index in [1.54, 1.807) is 12.2 Å². The number of nitrogens with zero attached hydrogens (tertiary/aromatic N) is 1. The van der Waals surface area contributed by atoms with E-state index in [-0.39, 0.29) is 0 Å². The van der Waals surface area contributed by atoms with Gasteiger partial charge in [-0.25, -0.2) is 4.99 Å². The van der Waals surface area contributed by atoms with Gasteiger partial charge in [-0.3, -0.25) is 0 Å². The second-order valence-corrected chi connectivity index (χ2v) is 3.15. The van der Waals surface area contributed by atoms with Gasteiger partial charge in [-0.05, 0) is 26.8 Å². The molecule has 0 aliphatic rings. The third-order valence-corrected chi connectivity index (χ3v) is 1.69. The summed E-state index contributed by atoms with van der Waals surface area (Å²) in [7, 11) is 0. The summed E-state index contributed by atoms with van der Waals surface area (Å²) in [5.41, 5.74) is 0. The maximum Gasteiger partial charge on any atom is 0.218 e. The van der Waals surface area contributed by atoms with Crippen LogP contribution >= 0.6 is 0 Å². The first-order chi connectivity index (χ1) is 8.67. The van der Waals surface area contributed by atoms with Crippen molar-refractivity contribution in [2.24, 2.45) is 4.99 Å². The number of terminal acetylenes is 1. The Morgan fingerprint density at radius 2 is 2.22 bits per heavy atom. The summed E-state index contributed by atoms with van der Waals surface area (Å²) in [5, 5.41) is 0. The molecule has 18 heavy (non-hydrogen) atoms. The Morgan fingerprint density at radius 3 is 2.72 bits per heavy atom. The van der Waals surface area contributed by atoms with Crippen molar-refractivity contribution < 1.29 is 9.47 Å². The van der Waals surface area contributed by atoms with E-state index in [2.05, 4.69) is 17.5 Å². The van der Waals surface area contributed by atoms with Crippen LogP contribution in [0.4, 0.5) is 0 Å². The smallest absolute Gasteiger partial charge is 0.218 e. The summed E-state index contributed by atoms with van der Waals surface area (Å²) < 4.78 is 10.9. The standard InChI is InChI=1S/C15H19NO2/c1-6-10-14(12-13(5)17-9-4)18-15(11-7-2)16-8-3/h1,7-8,10-12H,3,9H2,2,4-5H3/b11-7-,13-12+,14-10+,16-15?. The molecule has 0 unspecified atom stereocenters. The zero-order valence-corrected chi connectivity index (χ0v) is 11.1. The zero-order chi connectivity index (χ0) is 13.8. The largest absolute Gasteiger partial charge is 0.498 e. The second kappa shape index (κ2) is 9.98. The van der Waals surface area contributed by atoms with Crippen molar-refractivity contribution in [1.82, 2.24) is 0 Å². The predicted octanol–water partition coefficient (Wildman–Crippen LogP) is 3.58. The molecule has 0 saturated heterocycles. The van der Waals surface area contributed by atoms with Gasteiger partial charge in [-0.15, -0.1) is 6.42 Å². The maximum atomic E-state index is 5.54. The van der Waals surface area contributed by atoms with Crippen LogP contribution in [0.15, 0.2) is 53.6 Å². The van der Waals surface area contributed by atoms with Gasteiger partial charge in [0.1, 0.15) is 5.76 Å². The molecular formula is C15H19NO2. The lowest BCUT2D eigenvalue weighted by molar-refractivity contribution is 0.229. The lowest BCUT2D eigenvalue weighted by Crippen LogP contribution is -2.01. The number of hydrogen-bond donors (Lipinski definition) is 0. The van der Waals surface area contributed by atoms with Crippen LogP contribution < -0.4 is 0 Å². The minimum absolute atomic E-state index is 0.412. The molecule has 0 saturated carbocycles. The third kappa shape index (κ3) is 7.13. The third-order valence-electron chi connectivity index (χ3n) is 1.69. The van der Waals surface area contributed by atoms with Gasteiger partial charge in [-0.1, -0.05) is 18.6 Å². The molecule has 0 heterocycles. The molecule has 0 rings (SSSR count). The summed E-state index contributed by atoms with van der Waals surface area (Å²) in [6, 6.07) is 0. The molecule has 0 aromatic carbocycles. The number of ether oxygens (including phenoxy) is 2. The van der Waals surface area contributed by atoms with Crippen LogP contribution in [0.3, 0.4) is 0 Å². The molecule has 0 atom stereocenters. The summed E-state index contributed by atoms with van der Waals surface area (Å²) in [6.45, 7) is 9.73. The highest BCUT2D eigenvalue weighted by Gasteiger charge is 2.00. The summed E-state index contributed by atoms with van der Waals surface area (Å²) >= 11 is 0. The first-order valence-corrected chi connectivity index (χ1v) is 5.64. The average molecular weight is 245 g/mol. The fourth-order valence-electron chi connectivity index (χ4n) is 1.11. The van der Waals surface area contributed by atoms with Crippen LogP contribution in [0.1, 0.15) is 20.8 Å². The lowest BCUT2D eigenvalue weighted by Gasteiger charge is -2.07. The van der Waals surface area contributed by atoms with E-state index in [4.69, 9.17) is 15.9 Å². The molecule has 3 heteroatoms. The molecule has 0 aromatic heterocycles. The first kappa shape index (κ1) is 15.8. The second-order valence-electron chi connectivity index (χ2n) is 3.15. The van der Waals surface area contributed by atoms with Gasteiger partial charge < -0.3 is 9.47 Å². The first-order valence-electron chi connectivity index (χ1n) is 5.64. The van der Waals surface area contributed by atoms with Gasteiger partial charge in [0, 0.05) is 18.4 Å². The van der Waals surface area contributed by atoms with Crippen LogP contribution in [0.25, 0.3) is 0 Å². The quantitative estimate of drug-likeness (QED) is 0.235. The predicted molar refractivity (Wildman–Crippen MR) is 75.8 cm³/mol. The highest BCUT2D eigenvalue weighted by molar-refractivity contribution is 5.89. The van der Waals surface area contributed by atoms with Crippen molar-refractivity contribution in [3.63, 3.8) is 0 Å². The Bertz CT molecular complexity index is 420. The van der Waals surface area contributed by atoms with E-state index >= 15 is 0 Å². The Hall–Kier alpha value is -2.21. The molecule has 0 bridgehead atoms. The molecule has 0 spiro atoms. The Kier molecular flexibility index (Phi) is 8.75. The van der Waals surface area contributed by atoms with E-state index in [1.165, 1.54) is 12.3 Å². The fourth-order valence-corrected chi connectivity index (χ4v) is 1.11. The number of allylic oxidation sites excluding steroid dienone is 4. The van der Waals surface area contributed by atoms with E-state index < -0.39 is 0 Å². The van der Waals surface area contributed by atoms with Crippen molar-refractivity contribution >= 4 is 5.90 Å². The van der Waals surface area contributed by atoms with Crippen LogP contribution in [0, 0.1) is 12.3 Å². The molecule has 0 aliphatic heterocycles. The topological polar surface area (TPSA) is 30.8 Å². The van der Waals surface area contributed by atoms with Crippen molar-refractivity contribution in [1.29, 1.82) is 0 Å². The highest BCUT2D eigenvalue weighted by Crippen LogP contribution is 2.07. The monoisotopic (exact) mass is 245 g/mol. The fraction of sp³-hybridized carbons (Fsp3) is 0.267. The van der Waals surface area contributed by atoms with E-state index in [0.717, 1.165) is 5.76 Å². The Labute approximate surface area is 109 Å². The summed E-state index contributed by atoms with van der Waals surface area (Å²) in [5.74, 6) is 4.03. The van der Waals surface area contributed by atoms with E-state index in [0.29, 0.717) is 18.3 Å². The minimum Gasteiger partial charge on any atom is -0.498 e.